The minimum Gasteiger partial charge on any atom is -0.376 e. The van der Waals surface area contributed by atoms with E-state index in [2.05, 4.69) is 39.1 Å². The predicted octanol–water partition coefficient (Wildman–Crippen LogP) is 4.72. The number of thioether (sulfide) groups is 1. The Morgan fingerprint density at radius 1 is 1.30 bits per heavy atom. The number of anilines is 1. The van der Waals surface area contributed by atoms with Crippen molar-refractivity contribution in [2.75, 3.05) is 17.7 Å². The van der Waals surface area contributed by atoms with Crippen molar-refractivity contribution in [3.05, 3.63) is 58.9 Å². The van der Waals surface area contributed by atoms with Gasteiger partial charge in [0.15, 0.2) is 10.1 Å². The fourth-order valence-corrected chi connectivity index (χ4v) is 5.31. The molecule has 1 aliphatic heterocycles. The van der Waals surface area contributed by atoms with Crippen molar-refractivity contribution in [1.82, 2.24) is 14.8 Å². The highest BCUT2D eigenvalue weighted by Gasteiger charge is 2.21. The molecule has 0 aliphatic carbocycles. The molecule has 158 valence electrons. The first-order chi connectivity index (χ1) is 14.6. The number of nitrogens with one attached hydrogen (secondary N) is 1. The molecule has 3 heterocycles. The van der Waals surface area contributed by atoms with Gasteiger partial charge in [0.25, 0.3) is 0 Å². The molecule has 1 saturated heterocycles. The number of hydrogen-bond acceptors (Lipinski definition) is 7. The van der Waals surface area contributed by atoms with Crippen LogP contribution in [0.25, 0.3) is 0 Å². The van der Waals surface area contributed by atoms with E-state index >= 15 is 0 Å². The van der Waals surface area contributed by atoms with Crippen LogP contribution in [0.1, 0.15) is 40.2 Å². The summed E-state index contributed by atoms with van der Waals surface area (Å²) >= 11 is 2.92. The highest BCUT2D eigenvalue weighted by Crippen LogP contribution is 2.28. The van der Waals surface area contributed by atoms with E-state index in [9.17, 15) is 4.79 Å². The van der Waals surface area contributed by atoms with Crippen LogP contribution >= 0.6 is 23.1 Å². The molecule has 0 spiro atoms. The Bertz CT molecular complexity index is 994. The van der Waals surface area contributed by atoms with Gasteiger partial charge in [0.05, 0.1) is 11.9 Å². The number of ether oxygens (including phenoxy) is 1. The molecular weight excluding hydrogens is 416 g/mol. The zero-order valence-corrected chi connectivity index (χ0v) is 18.9. The lowest BCUT2D eigenvalue weighted by Crippen LogP contribution is -2.17. The van der Waals surface area contributed by atoms with Gasteiger partial charge < -0.3 is 14.6 Å². The molecule has 30 heavy (non-hydrogen) atoms. The van der Waals surface area contributed by atoms with E-state index in [-0.39, 0.29) is 11.9 Å². The molecule has 1 atom stereocenters. The third kappa shape index (κ3) is 5.11. The Hall–Kier alpha value is -2.16. The lowest BCUT2D eigenvalue weighted by molar-refractivity contribution is 0.0957. The molecule has 4 rings (SSSR count). The molecule has 3 aromatic rings. The van der Waals surface area contributed by atoms with E-state index in [1.165, 1.54) is 28.7 Å². The zero-order chi connectivity index (χ0) is 20.9. The molecule has 0 saturated carbocycles. The minimum atomic E-state index is 0.126. The van der Waals surface area contributed by atoms with Gasteiger partial charge in [-0.3, -0.25) is 4.79 Å². The summed E-state index contributed by atoms with van der Waals surface area (Å²) in [5, 5.41) is 12.4. The summed E-state index contributed by atoms with van der Waals surface area (Å²) < 4.78 is 8.77. The van der Waals surface area contributed by atoms with Crippen LogP contribution in [0.4, 0.5) is 5.13 Å². The van der Waals surface area contributed by atoms with E-state index in [0.717, 1.165) is 52.4 Å². The maximum atomic E-state index is 12.8. The Labute approximate surface area is 185 Å². The number of carbonyl (C=O) groups excluding carboxylic acids is 1. The Kier molecular flexibility index (Phi) is 6.86. The van der Waals surface area contributed by atoms with Crippen molar-refractivity contribution in [3.63, 3.8) is 0 Å². The van der Waals surface area contributed by atoms with Crippen LogP contribution < -0.4 is 5.32 Å². The van der Waals surface area contributed by atoms with Gasteiger partial charge in [-0.15, -0.1) is 10.2 Å². The summed E-state index contributed by atoms with van der Waals surface area (Å²) in [6, 6.07) is 12.2. The van der Waals surface area contributed by atoms with E-state index < -0.39 is 0 Å². The molecule has 1 aromatic carbocycles. The van der Waals surface area contributed by atoms with Gasteiger partial charge in [0, 0.05) is 36.6 Å². The van der Waals surface area contributed by atoms with Crippen molar-refractivity contribution < 1.29 is 9.53 Å². The summed E-state index contributed by atoms with van der Waals surface area (Å²) in [7, 11) is 0. The van der Waals surface area contributed by atoms with Crippen molar-refractivity contribution in [2.24, 2.45) is 0 Å². The Morgan fingerprint density at radius 3 is 2.90 bits per heavy atom. The highest BCUT2D eigenvalue weighted by molar-refractivity contribution is 8.01. The number of benzene rings is 1. The first-order valence-electron chi connectivity index (χ1n) is 10.2. The summed E-state index contributed by atoms with van der Waals surface area (Å²) in [5.74, 6) is 0.484. The summed E-state index contributed by atoms with van der Waals surface area (Å²) in [5.41, 5.74) is 4.12. The van der Waals surface area contributed by atoms with Crippen molar-refractivity contribution in [3.8, 4) is 0 Å². The normalized spacial score (nSPS) is 16.1. The van der Waals surface area contributed by atoms with Gasteiger partial charge in [-0.2, -0.15) is 0 Å². The average molecular weight is 443 g/mol. The molecule has 6 nitrogen and oxygen atoms in total. The summed E-state index contributed by atoms with van der Waals surface area (Å²) in [4.78, 5) is 12.8. The van der Waals surface area contributed by atoms with Gasteiger partial charge in [0.2, 0.25) is 5.13 Å². The number of aromatic nitrogens is 3. The van der Waals surface area contributed by atoms with Crippen LogP contribution in [0.15, 0.2) is 40.7 Å². The lowest BCUT2D eigenvalue weighted by atomic mass is 10.2. The molecule has 1 aliphatic rings. The molecule has 8 heteroatoms. The molecule has 0 bridgehead atoms. The monoisotopic (exact) mass is 442 g/mol. The van der Waals surface area contributed by atoms with E-state index in [1.807, 2.05) is 31.2 Å². The molecule has 1 N–H and O–H groups in total. The largest absolute Gasteiger partial charge is 0.376 e. The highest BCUT2D eigenvalue weighted by atomic mass is 32.2. The standard InChI is InChI=1S/C22H26N4O2S2/c1-15-11-19(16(2)26(15)13-18-9-6-10-28-18)20(27)14-29-22-25-24-21(30-22)23-12-17-7-4-3-5-8-17/h3-5,7-8,11,18H,6,9-10,12-14H2,1-2H3,(H,23,24)/t18-/m1/s1. The number of ketones is 1. The fourth-order valence-electron chi connectivity index (χ4n) is 3.67. The molecule has 0 unspecified atom stereocenters. The van der Waals surface area contributed by atoms with Gasteiger partial charge in [-0.05, 0) is 38.3 Å². The lowest BCUT2D eigenvalue weighted by Gasteiger charge is -2.14. The fraction of sp³-hybridized carbons (Fsp3) is 0.409. The minimum absolute atomic E-state index is 0.126. The zero-order valence-electron chi connectivity index (χ0n) is 17.3. The second-order valence-corrected chi connectivity index (χ2v) is 9.65. The number of hydrogen-bond donors (Lipinski definition) is 1. The summed E-state index contributed by atoms with van der Waals surface area (Å²) in [6.45, 7) is 6.45. The molecule has 1 fully saturated rings. The van der Waals surface area contributed by atoms with Crippen LogP contribution in [0, 0.1) is 13.8 Å². The number of rotatable bonds is 9. The van der Waals surface area contributed by atoms with Crippen LogP contribution in [-0.4, -0.2) is 39.0 Å². The first-order valence-corrected chi connectivity index (χ1v) is 12.0. The molecular formula is C22H26N4O2S2. The maximum Gasteiger partial charge on any atom is 0.206 e. The Morgan fingerprint density at radius 2 is 2.13 bits per heavy atom. The van der Waals surface area contributed by atoms with Gasteiger partial charge in [-0.25, -0.2) is 0 Å². The van der Waals surface area contributed by atoms with Crippen molar-refractivity contribution in [2.45, 2.75) is 50.2 Å². The van der Waals surface area contributed by atoms with Gasteiger partial charge >= 0.3 is 0 Å². The third-order valence-electron chi connectivity index (χ3n) is 5.30. The smallest absolute Gasteiger partial charge is 0.206 e. The van der Waals surface area contributed by atoms with Crippen LogP contribution in [-0.2, 0) is 17.8 Å². The van der Waals surface area contributed by atoms with Crippen molar-refractivity contribution >= 4 is 34.0 Å². The number of aryl methyl sites for hydroxylation is 1. The second kappa shape index (κ2) is 9.76. The SMILES string of the molecule is Cc1cc(C(=O)CSc2nnc(NCc3ccccc3)s2)c(C)n1C[C@H]1CCCO1. The van der Waals surface area contributed by atoms with Gasteiger partial charge in [-0.1, -0.05) is 53.4 Å². The predicted molar refractivity (Wildman–Crippen MR) is 122 cm³/mol. The second-order valence-electron chi connectivity index (χ2n) is 7.45. The van der Waals surface area contributed by atoms with Crippen LogP contribution in [0.2, 0.25) is 0 Å². The topological polar surface area (TPSA) is 69.0 Å². The van der Waals surface area contributed by atoms with E-state index in [4.69, 9.17) is 4.74 Å². The molecule has 0 radical (unpaired) electrons. The van der Waals surface area contributed by atoms with Gasteiger partial charge in [0.1, 0.15) is 0 Å². The first kappa shape index (κ1) is 21.1. The maximum absolute atomic E-state index is 12.8. The number of Topliss-reactive ketones (excluding diaryl/α,β-unsaturated/α-hetero) is 1. The van der Waals surface area contributed by atoms with Crippen molar-refractivity contribution in [1.29, 1.82) is 0 Å². The Balaban J connectivity index is 1.32. The van der Waals surface area contributed by atoms with Crippen LogP contribution in [0.5, 0.6) is 0 Å². The number of carbonyl (C=O) groups is 1. The molecule has 2 aromatic heterocycles. The van der Waals surface area contributed by atoms with E-state index in [0.29, 0.717) is 12.3 Å². The quantitative estimate of drug-likeness (QED) is 0.382. The third-order valence-corrected chi connectivity index (χ3v) is 7.32. The number of nitrogens with zero attached hydrogens (tertiary/aromatic N) is 3. The average Bonchev–Trinajstić information content (AvgIpc) is 3.49. The van der Waals surface area contributed by atoms with Crippen LogP contribution in [0.3, 0.4) is 0 Å². The van der Waals surface area contributed by atoms with E-state index in [1.54, 1.807) is 0 Å². The molecule has 0 amide bonds. The summed E-state index contributed by atoms with van der Waals surface area (Å²) in [6.07, 6.45) is 2.47.